The third-order valence-electron chi connectivity index (χ3n) is 2.81. The lowest BCUT2D eigenvalue weighted by atomic mass is 10.2. The molecule has 2 rings (SSSR count). The van der Waals surface area contributed by atoms with Crippen molar-refractivity contribution in [2.75, 3.05) is 7.11 Å². The molecule has 0 aromatic heterocycles. The Labute approximate surface area is 131 Å². The summed E-state index contributed by atoms with van der Waals surface area (Å²) in [7, 11) is 1.48. The summed E-state index contributed by atoms with van der Waals surface area (Å²) in [6.07, 6.45) is 0. The van der Waals surface area contributed by atoms with E-state index in [9.17, 15) is 8.78 Å². The van der Waals surface area contributed by atoms with Gasteiger partial charge >= 0.3 is 0 Å². The van der Waals surface area contributed by atoms with Crippen LogP contribution in [0.5, 0.6) is 11.5 Å². The number of benzene rings is 2. The minimum Gasteiger partial charge on any atom is -0.493 e. The average molecular weight is 333 g/mol. The van der Waals surface area contributed by atoms with E-state index in [0.29, 0.717) is 28.0 Å². The lowest BCUT2D eigenvalue weighted by molar-refractivity contribution is 0.284. The molecule has 0 atom stereocenters. The van der Waals surface area contributed by atoms with Crippen LogP contribution in [0.2, 0.25) is 5.02 Å². The van der Waals surface area contributed by atoms with Crippen LogP contribution in [-0.2, 0) is 12.5 Å². The van der Waals surface area contributed by atoms with E-state index in [1.807, 2.05) is 0 Å². The van der Waals surface area contributed by atoms with Gasteiger partial charge in [0.1, 0.15) is 6.61 Å². The summed E-state index contributed by atoms with van der Waals surface area (Å²) in [4.78, 5) is 0. The topological polar surface area (TPSA) is 18.5 Å². The fourth-order valence-corrected chi connectivity index (χ4v) is 2.22. The Morgan fingerprint density at radius 1 is 1.05 bits per heavy atom. The van der Waals surface area contributed by atoms with Crippen LogP contribution in [0.15, 0.2) is 30.3 Å². The molecule has 0 heterocycles. The van der Waals surface area contributed by atoms with Gasteiger partial charge < -0.3 is 9.47 Å². The van der Waals surface area contributed by atoms with E-state index in [0.717, 1.165) is 17.7 Å². The molecule has 0 radical (unpaired) electrons. The van der Waals surface area contributed by atoms with E-state index < -0.39 is 11.6 Å². The smallest absolute Gasteiger partial charge is 0.180 e. The summed E-state index contributed by atoms with van der Waals surface area (Å²) < 4.78 is 36.7. The molecule has 0 N–H and O–H groups in total. The highest BCUT2D eigenvalue weighted by Crippen LogP contribution is 2.37. The zero-order valence-corrected chi connectivity index (χ0v) is 12.6. The van der Waals surface area contributed by atoms with Gasteiger partial charge in [0, 0.05) is 5.88 Å². The highest BCUT2D eigenvalue weighted by molar-refractivity contribution is 6.32. The fraction of sp³-hybridized carbons (Fsp3) is 0.200. The second kappa shape index (κ2) is 6.96. The summed E-state index contributed by atoms with van der Waals surface area (Å²) in [5, 5.41) is 0.340. The molecule has 2 nitrogen and oxygen atoms in total. The summed E-state index contributed by atoms with van der Waals surface area (Å²) >= 11 is 11.9. The molecule has 0 unspecified atom stereocenters. The summed E-state index contributed by atoms with van der Waals surface area (Å²) in [5.74, 6) is -0.773. The molecule has 0 fully saturated rings. The normalized spacial score (nSPS) is 10.5. The van der Waals surface area contributed by atoms with Crippen molar-refractivity contribution >= 4 is 23.2 Å². The third kappa shape index (κ3) is 3.77. The molecule has 0 saturated carbocycles. The number of halogens is 4. The Morgan fingerprint density at radius 3 is 2.43 bits per heavy atom. The van der Waals surface area contributed by atoms with Crippen molar-refractivity contribution in [2.24, 2.45) is 0 Å². The van der Waals surface area contributed by atoms with Crippen molar-refractivity contribution in [3.63, 3.8) is 0 Å². The van der Waals surface area contributed by atoms with Gasteiger partial charge in [-0.05, 0) is 35.4 Å². The molecule has 6 heteroatoms. The van der Waals surface area contributed by atoms with Crippen LogP contribution in [-0.4, -0.2) is 7.11 Å². The lowest BCUT2D eigenvalue weighted by Gasteiger charge is -2.13. The first kappa shape index (κ1) is 15.9. The Balaban J connectivity index is 2.21. The van der Waals surface area contributed by atoms with Crippen molar-refractivity contribution < 1.29 is 18.3 Å². The van der Waals surface area contributed by atoms with Gasteiger partial charge in [-0.15, -0.1) is 11.6 Å². The van der Waals surface area contributed by atoms with E-state index in [2.05, 4.69) is 0 Å². The molecular formula is C15H12Cl2F2O2. The Morgan fingerprint density at radius 2 is 1.81 bits per heavy atom. The van der Waals surface area contributed by atoms with Crippen LogP contribution in [0.25, 0.3) is 0 Å². The molecule has 0 spiro atoms. The van der Waals surface area contributed by atoms with Crippen LogP contribution >= 0.6 is 23.2 Å². The van der Waals surface area contributed by atoms with Crippen LogP contribution in [0.3, 0.4) is 0 Å². The molecule has 0 aliphatic carbocycles. The zero-order valence-electron chi connectivity index (χ0n) is 11.1. The van der Waals surface area contributed by atoms with Crippen LogP contribution < -0.4 is 9.47 Å². The van der Waals surface area contributed by atoms with Gasteiger partial charge in [0.05, 0.1) is 12.1 Å². The van der Waals surface area contributed by atoms with E-state index in [4.69, 9.17) is 32.7 Å². The van der Waals surface area contributed by atoms with Gasteiger partial charge in [0.25, 0.3) is 0 Å². The molecule has 0 aliphatic heterocycles. The van der Waals surface area contributed by atoms with Crippen molar-refractivity contribution in [3.8, 4) is 11.5 Å². The van der Waals surface area contributed by atoms with Crippen molar-refractivity contribution in [1.29, 1.82) is 0 Å². The van der Waals surface area contributed by atoms with Gasteiger partial charge in [0.15, 0.2) is 23.1 Å². The predicted octanol–water partition coefficient (Wildman–Crippen LogP) is 4.94. The summed E-state index contributed by atoms with van der Waals surface area (Å²) in [6.45, 7) is 0.0352. The first-order chi connectivity index (χ1) is 10.0. The van der Waals surface area contributed by atoms with Crippen LogP contribution in [0, 0.1) is 11.6 Å². The van der Waals surface area contributed by atoms with Crippen molar-refractivity contribution in [2.45, 2.75) is 12.5 Å². The number of methoxy groups -OCH3 is 1. The number of alkyl halides is 1. The SMILES string of the molecule is COc1cc(CCl)cc(Cl)c1OCc1ccc(F)c(F)c1. The van der Waals surface area contributed by atoms with Gasteiger partial charge in [-0.2, -0.15) is 0 Å². The Bertz CT molecular complexity index is 648. The molecular weight excluding hydrogens is 321 g/mol. The number of hydrogen-bond donors (Lipinski definition) is 0. The van der Waals surface area contributed by atoms with Gasteiger partial charge in [-0.3, -0.25) is 0 Å². The lowest BCUT2D eigenvalue weighted by Crippen LogP contribution is -2.00. The average Bonchev–Trinajstić information content (AvgIpc) is 2.48. The first-order valence-corrected chi connectivity index (χ1v) is 6.95. The van der Waals surface area contributed by atoms with E-state index in [1.54, 1.807) is 12.1 Å². The molecule has 21 heavy (non-hydrogen) atoms. The Hall–Kier alpha value is -1.52. The maximum atomic E-state index is 13.1. The van der Waals surface area contributed by atoms with Gasteiger partial charge in [-0.25, -0.2) is 8.78 Å². The fourth-order valence-electron chi connectivity index (χ4n) is 1.78. The minimum absolute atomic E-state index is 0.0352. The second-order valence-electron chi connectivity index (χ2n) is 4.28. The molecule has 112 valence electrons. The van der Waals surface area contributed by atoms with E-state index in [-0.39, 0.29) is 6.61 Å². The molecule has 0 saturated heterocycles. The maximum Gasteiger partial charge on any atom is 0.180 e. The van der Waals surface area contributed by atoms with Crippen LogP contribution in [0.4, 0.5) is 8.78 Å². The first-order valence-electron chi connectivity index (χ1n) is 6.04. The number of hydrogen-bond acceptors (Lipinski definition) is 2. The molecule has 2 aromatic rings. The highest BCUT2D eigenvalue weighted by Gasteiger charge is 2.12. The van der Waals surface area contributed by atoms with E-state index >= 15 is 0 Å². The summed E-state index contributed by atoms with van der Waals surface area (Å²) in [5.41, 5.74) is 1.27. The summed E-state index contributed by atoms with van der Waals surface area (Å²) in [6, 6.07) is 6.93. The maximum absolute atomic E-state index is 13.1. The third-order valence-corrected chi connectivity index (χ3v) is 3.40. The molecule has 2 aromatic carbocycles. The highest BCUT2D eigenvalue weighted by atomic mass is 35.5. The number of ether oxygens (including phenoxy) is 2. The van der Waals surface area contributed by atoms with E-state index in [1.165, 1.54) is 13.2 Å². The molecule has 0 bridgehead atoms. The monoisotopic (exact) mass is 332 g/mol. The predicted molar refractivity (Wildman–Crippen MR) is 78.3 cm³/mol. The van der Waals surface area contributed by atoms with Crippen molar-refractivity contribution in [1.82, 2.24) is 0 Å². The zero-order chi connectivity index (χ0) is 15.4. The van der Waals surface area contributed by atoms with Gasteiger partial charge in [-0.1, -0.05) is 17.7 Å². The van der Waals surface area contributed by atoms with Gasteiger partial charge in [0.2, 0.25) is 0 Å². The van der Waals surface area contributed by atoms with Crippen LogP contribution in [0.1, 0.15) is 11.1 Å². The molecule has 0 aliphatic rings. The van der Waals surface area contributed by atoms with Crippen molar-refractivity contribution in [3.05, 3.63) is 58.1 Å². The second-order valence-corrected chi connectivity index (χ2v) is 4.95. The largest absolute Gasteiger partial charge is 0.493 e. The standard InChI is InChI=1S/C15H12Cl2F2O2/c1-20-14-6-10(7-16)4-11(17)15(14)21-8-9-2-3-12(18)13(19)5-9/h2-6H,7-8H2,1H3. The Kier molecular flexibility index (Phi) is 5.26. The molecule has 0 amide bonds. The number of rotatable bonds is 5. The quantitative estimate of drug-likeness (QED) is 0.721. The minimum atomic E-state index is -0.924.